The summed E-state index contributed by atoms with van der Waals surface area (Å²) in [7, 11) is 0. The zero-order valence-electron chi connectivity index (χ0n) is 8.53. The van der Waals surface area contributed by atoms with Crippen molar-refractivity contribution in [2.45, 2.75) is 26.4 Å². The van der Waals surface area contributed by atoms with Crippen molar-refractivity contribution in [2.24, 2.45) is 5.92 Å². The van der Waals surface area contributed by atoms with Gasteiger partial charge in [0, 0.05) is 5.02 Å². The lowest BCUT2D eigenvalue weighted by Crippen LogP contribution is -2.06. The van der Waals surface area contributed by atoms with Crippen molar-refractivity contribution >= 4 is 11.6 Å². The molecule has 84 valence electrons. The van der Waals surface area contributed by atoms with Gasteiger partial charge in [-0.25, -0.2) is 0 Å². The number of rotatable bonds is 2. The number of benzene rings is 1. The van der Waals surface area contributed by atoms with E-state index < -0.39 is 11.7 Å². The van der Waals surface area contributed by atoms with Crippen LogP contribution in [0.5, 0.6) is 0 Å². The molecule has 0 N–H and O–H groups in total. The van der Waals surface area contributed by atoms with Crippen LogP contribution in [0.25, 0.3) is 0 Å². The van der Waals surface area contributed by atoms with E-state index in [1.54, 1.807) is 0 Å². The van der Waals surface area contributed by atoms with Crippen molar-refractivity contribution in [3.63, 3.8) is 0 Å². The summed E-state index contributed by atoms with van der Waals surface area (Å²) in [6.45, 7) is 3.88. The van der Waals surface area contributed by atoms with Crippen molar-refractivity contribution in [1.29, 1.82) is 0 Å². The van der Waals surface area contributed by atoms with Gasteiger partial charge in [0.15, 0.2) is 0 Å². The van der Waals surface area contributed by atoms with Crippen LogP contribution in [0.4, 0.5) is 13.2 Å². The number of hydrogen-bond donors (Lipinski definition) is 0. The quantitative estimate of drug-likeness (QED) is 0.706. The first kappa shape index (κ1) is 12.4. The van der Waals surface area contributed by atoms with Gasteiger partial charge in [-0.15, -0.1) is 0 Å². The lowest BCUT2D eigenvalue weighted by atomic mass is 10.0. The fourth-order valence-corrected chi connectivity index (χ4v) is 1.54. The van der Waals surface area contributed by atoms with E-state index >= 15 is 0 Å². The Bertz CT molecular complexity index is 342. The Labute approximate surface area is 92.1 Å². The number of halogens is 4. The highest BCUT2D eigenvalue weighted by atomic mass is 35.5. The normalized spacial score (nSPS) is 12.2. The first-order valence-corrected chi connectivity index (χ1v) is 5.04. The van der Waals surface area contributed by atoms with Crippen molar-refractivity contribution in [3.8, 4) is 0 Å². The minimum atomic E-state index is -4.30. The second-order valence-corrected chi connectivity index (χ2v) is 4.31. The molecular formula is C11H12ClF3. The third-order valence-corrected chi connectivity index (χ3v) is 2.37. The van der Waals surface area contributed by atoms with E-state index in [1.807, 2.05) is 13.8 Å². The Kier molecular flexibility index (Phi) is 3.66. The van der Waals surface area contributed by atoms with E-state index in [9.17, 15) is 13.2 Å². The largest absolute Gasteiger partial charge is 0.416 e. The van der Waals surface area contributed by atoms with Crippen LogP contribution in [0.15, 0.2) is 18.2 Å². The highest BCUT2D eigenvalue weighted by molar-refractivity contribution is 6.31. The summed E-state index contributed by atoms with van der Waals surface area (Å²) in [4.78, 5) is 0. The van der Waals surface area contributed by atoms with Gasteiger partial charge in [0.25, 0.3) is 0 Å². The predicted octanol–water partition coefficient (Wildman–Crippen LogP) is 4.56. The number of hydrogen-bond acceptors (Lipinski definition) is 0. The number of alkyl halides is 3. The minimum Gasteiger partial charge on any atom is -0.166 e. The molecule has 0 fully saturated rings. The van der Waals surface area contributed by atoms with Gasteiger partial charge in [-0.2, -0.15) is 13.2 Å². The maximum absolute atomic E-state index is 12.4. The second kappa shape index (κ2) is 4.44. The third-order valence-electron chi connectivity index (χ3n) is 2.00. The molecular weight excluding hydrogens is 225 g/mol. The summed E-state index contributed by atoms with van der Waals surface area (Å²) in [6.07, 6.45) is -3.74. The molecule has 0 aliphatic carbocycles. The van der Waals surface area contributed by atoms with Crippen molar-refractivity contribution in [1.82, 2.24) is 0 Å². The molecule has 0 aliphatic heterocycles. The molecule has 0 aliphatic rings. The van der Waals surface area contributed by atoms with Crippen molar-refractivity contribution in [3.05, 3.63) is 34.3 Å². The molecule has 0 nitrogen and oxygen atoms in total. The average molecular weight is 237 g/mol. The SMILES string of the molecule is CC(C)Cc1cc(C(F)(F)F)ccc1Cl. The Balaban J connectivity index is 3.06. The molecule has 0 unspecified atom stereocenters. The monoisotopic (exact) mass is 236 g/mol. The zero-order chi connectivity index (χ0) is 11.6. The average Bonchev–Trinajstić information content (AvgIpc) is 2.06. The fraction of sp³-hybridized carbons (Fsp3) is 0.455. The van der Waals surface area contributed by atoms with E-state index in [1.165, 1.54) is 6.07 Å². The highest BCUT2D eigenvalue weighted by Gasteiger charge is 2.30. The molecule has 15 heavy (non-hydrogen) atoms. The van der Waals surface area contributed by atoms with Gasteiger partial charge in [0.2, 0.25) is 0 Å². The maximum atomic E-state index is 12.4. The molecule has 1 rings (SSSR count). The summed E-state index contributed by atoms with van der Waals surface area (Å²) in [5, 5.41) is 0.400. The van der Waals surface area contributed by atoms with E-state index in [4.69, 9.17) is 11.6 Å². The van der Waals surface area contributed by atoms with Crippen LogP contribution in [-0.4, -0.2) is 0 Å². The van der Waals surface area contributed by atoms with Crippen LogP contribution < -0.4 is 0 Å². The lowest BCUT2D eigenvalue weighted by Gasteiger charge is -2.11. The summed E-state index contributed by atoms with van der Waals surface area (Å²) >= 11 is 5.82. The summed E-state index contributed by atoms with van der Waals surface area (Å²) in [5.41, 5.74) is -0.0796. The Morgan fingerprint density at radius 3 is 2.33 bits per heavy atom. The van der Waals surface area contributed by atoms with E-state index in [0.717, 1.165) is 12.1 Å². The van der Waals surface area contributed by atoms with E-state index in [0.29, 0.717) is 17.0 Å². The molecule has 1 aromatic carbocycles. The van der Waals surface area contributed by atoms with Crippen LogP contribution in [0, 0.1) is 5.92 Å². The molecule has 0 radical (unpaired) electrons. The second-order valence-electron chi connectivity index (χ2n) is 3.90. The molecule has 0 spiro atoms. The lowest BCUT2D eigenvalue weighted by molar-refractivity contribution is -0.137. The first-order chi connectivity index (χ1) is 6.80. The van der Waals surface area contributed by atoms with Crippen LogP contribution in [0.3, 0.4) is 0 Å². The molecule has 0 amide bonds. The molecule has 0 saturated carbocycles. The fourth-order valence-electron chi connectivity index (χ4n) is 1.35. The van der Waals surface area contributed by atoms with Gasteiger partial charge in [0.05, 0.1) is 5.56 Å². The molecule has 0 heterocycles. The van der Waals surface area contributed by atoms with Gasteiger partial charge >= 0.3 is 6.18 Å². The van der Waals surface area contributed by atoms with Gasteiger partial charge in [-0.3, -0.25) is 0 Å². The van der Waals surface area contributed by atoms with E-state index in [-0.39, 0.29) is 5.92 Å². The molecule has 0 bridgehead atoms. The Morgan fingerprint density at radius 2 is 1.87 bits per heavy atom. The van der Waals surface area contributed by atoms with Crippen LogP contribution >= 0.6 is 11.6 Å². The van der Waals surface area contributed by atoms with Gasteiger partial charge in [-0.1, -0.05) is 25.4 Å². The van der Waals surface area contributed by atoms with Crippen LogP contribution in [-0.2, 0) is 12.6 Å². The van der Waals surface area contributed by atoms with Gasteiger partial charge in [0.1, 0.15) is 0 Å². The highest BCUT2D eigenvalue weighted by Crippen LogP contribution is 2.32. The smallest absolute Gasteiger partial charge is 0.166 e. The maximum Gasteiger partial charge on any atom is 0.416 e. The van der Waals surface area contributed by atoms with E-state index in [2.05, 4.69) is 0 Å². The summed E-state index contributed by atoms with van der Waals surface area (Å²) in [5.74, 6) is 0.283. The minimum absolute atomic E-state index is 0.283. The van der Waals surface area contributed by atoms with Gasteiger partial charge < -0.3 is 0 Å². The van der Waals surface area contributed by atoms with Crippen molar-refractivity contribution < 1.29 is 13.2 Å². The molecule has 0 aromatic heterocycles. The van der Waals surface area contributed by atoms with Crippen LogP contribution in [0.1, 0.15) is 25.0 Å². The Morgan fingerprint density at radius 1 is 1.27 bits per heavy atom. The predicted molar refractivity (Wildman–Crippen MR) is 55.0 cm³/mol. The van der Waals surface area contributed by atoms with Crippen molar-refractivity contribution in [2.75, 3.05) is 0 Å². The standard InChI is InChI=1S/C11H12ClF3/c1-7(2)5-8-6-9(11(13,14)15)3-4-10(8)12/h3-4,6-7H,5H2,1-2H3. The molecule has 1 aromatic rings. The summed E-state index contributed by atoms with van der Waals surface area (Å²) in [6, 6.07) is 3.44. The topological polar surface area (TPSA) is 0 Å². The molecule has 0 saturated heterocycles. The third kappa shape index (κ3) is 3.42. The zero-order valence-corrected chi connectivity index (χ0v) is 9.28. The Hall–Kier alpha value is -0.700. The molecule has 4 heteroatoms. The first-order valence-electron chi connectivity index (χ1n) is 4.66. The summed E-state index contributed by atoms with van der Waals surface area (Å²) < 4.78 is 37.2. The van der Waals surface area contributed by atoms with Gasteiger partial charge in [-0.05, 0) is 36.1 Å². The molecule has 0 atom stereocenters. The van der Waals surface area contributed by atoms with Crippen LogP contribution in [0.2, 0.25) is 5.02 Å².